The Labute approximate surface area is 126 Å². The highest BCUT2D eigenvalue weighted by atomic mass is 32.1. The number of nitrogens with zero attached hydrogens (tertiary/aromatic N) is 1. The number of nitrogens with one attached hydrogen (secondary N) is 1. The zero-order valence-electron chi connectivity index (χ0n) is 11.3. The lowest BCUT2D eigenvalue weighted by atomic mass is 10.2. The molecule has 0 fully saturated rings. The minimum Gasteiger partial charge on any atom is -0.507 e. The predicted octanol–water partition coefficient (Wildman–Crippen LogP) is 3.16. The summed E-state index contributed by atoms with van der Waals surface area (Å²) in [6.45, 7) is 1.99. The normalized spacial score (nSPS) is 10.7. The average molecular weight is 299 g/mol. The Morgan fingerprint density at radius 3 is 2.81 bits per heavy atom. The maximum atomic E-state index is 10.1. The minimum atomic E-state index is 0.0412. The maximum absolute atomic E-state index is 10.1. The third-order valence-electron chi connectivity index (χ3n) is 3.04. The molecule has 0 radical (unpaired) electrons. The van der Waals surface area contributed by atoms with Gasteiger partial charge in [0.05, 0.1) is 5.56 Å². The summed E-state index contributed by atoms with van der Waals surface area (Å²) >= 11 is 4.76. The van der Waals surface area contributed by atoms with Crippen molar-refractivity contribution in [3.05, 3.63) is 42.0 Å². The molecule has 0 bridgehead atoms. The largest absolute Gasteiger partial charge is 0.507 e. The number of hydrogen-bond donors (Lipinski definition) is 3. The van der Waals surface area contributed by atoms with Gasteiger partial charge < -0.3 is 20.6 Å². The molecule has 1 heterocycles. The molecule has 0 atom stereocenters. The number of aryl methyl sites for hydroxylation is 1. The summed E-state index contributed by atoms with van der Waals surface area (Å²) in [6, 6.07) is 10.7. The van der Waals surface area contributed by atoms with Crippen LogP contribution in [-0.2, 0) is 0 Å². The number of oxazole rings is 1. The molecule has 1 aromatic heterocycles. The summed E-state index contributed by atoms with van der Waals surface area (Å²) in [7, 11) is 0. The number of aromatic nitrogens is 1. The summed E-state index contributed by atoms with van der Waals surface area (Å²) in [4.78, 5) is 4.40. The molecule has 0 saturated heterocycles. The van der Waals surface area contributed by atoms with Crippen molar-refractivity contribution in [2.24, 2.45) is 5.73 Å². The fourth-order valence-corrected chi connectivity index (χ4v) is 2.20. The number of fused-ring (bicyclic) bond motifs is 1. The summed E-state index contributed by atoms with van der Waals surface area (Å²) in [5.74, 6) is 0.412. The van der Waals surface area contributed by atoms with E-state index < -0.39 is 0 Å². The first-order valence-electron chi connectivity index (χ1n) is 6.30. The number of benzene rings is 2. The van der Waals surface area contributed by atoms with Crippen LogP contribution >= 0.6 is 12.2 Å². The number of phenolic OH excluding ortho intramolecular Hbond substituents is 1. The predicted molar refractivity (Wildman–Crippen MR) is 86.3 cm³/mol. The Hall–Kier alpha value is -2.60. The molecular weight excluding hydrogens is 286 g/mol. The van der Waals surface area contributed by atoms with Crippen LogP contribution in [0.25, 0.3) is 22.6 Å². The molecule has 3 rings (SSSR count). The van der Waals surface area contributed by atoms with Gasteiger partial charge >= 0.3 is 0 Å². The molecule has 6 heteroatoms. The molecule has 0 aliphatic rings. The monoisotopic (exact) mass is 299 g/mol. The molecule has 0 spiro atoms. The van der Waals surface area contributed by atoms with Crippen molar-refractivity contribution < 1.29 is 9.52 Å². The van der Waals surface area contributed by atoms with Gasteiger partial charge in [-0.2, -0.15) is 0 Å². The first-order valence-corrected chi connectivity index (χ1v) is 6.71. The van der Waals surface area contributed by atoms with Gasteiger partial charge in [-0.05, 0) is 49.0 Å². The first-order chi connectivity index (χ1) is 10.0. The van der Waals surface area contributed by atoms with Crippen LogP contribution in [0.2, 0.25) is 0 Å². The summed E-state index contributed by atoms with van der Waals surface area (Å²) in [5, 5.41) is 13.0. The van der Waals surface area contributed by atoms with Crippen LogP contribution in [0, 0.1) is 6.92 Å². The van der Waals surface area contributed by atoms with E-state index in [0.29, 0.717) is 22.7 Å². The van der Waals surface area contributed by atoms with Crippen LogP contribution in [0.15, 0.2) is 40.8 Å². The quantitative estimate of drug-likeness (QED) is 0.630. The number of thiocarbonyl (C=S) groups is 1. The Morgan fingerprint density at radius 1 is 1.29 bits per heavy atom. The Bertz CT molecular complexity index is 842. The Balaban J connectivity index is 2.03. The van der Waals surface area contributed by atoms with Gasteiger partial charge in [0.25, 0.3) is 0 Å². The number of nitrogens with two attached hydrogens (primary N) is 1. The number of rotatable bonds is 2. The number of hydrogen-bond acceptors (Lipinski definition) is 4. The van der Waals surface area contributed by atoms with Crippen molar-refractivity contribution in [2.45, 2.75) is 6.92 Å². The molecule has 3 aromatic rings. The zero-order chi connectivity index (χ0) is 15.0. The van der Waals surface area contributed by atoms with Crippen LogP contribution in [0.1, 0.15) is 5.56 Å². The molecule has 0 amide bonds. The molecule has 0 saturated carbocycles. The van der Waals surface area contributed by atoms with Crippen molar-refractivity contribution in [3.63, 3.8) is 0 Å². The molecule has 5 nitrogen and oxygen atoms in total. The third-order valence-corrected chi connectivity index (χ3v) is 3.14. The highest BCUT2D eigenvalue weighted by Crippen LogP contribution is 2.33. The van der Waals surface area contributed by atoms with Crippen molar-refractivity contribution in [1.82, 2.24) is 4.98 Å². The van der Waals surface area contributed by atoms with E-state index in [1.54, 1.807) is 12.1 Å². The van der Waals surface area contributed by atoms with Crippen LogP contribution in [0.4, 0.5) is 5.69 Å². The molecule has 0 aliphatic carbocycles. The van der Waals surface area contributed by atoms with Crippen LogP contribution < -0.4 is 11.1 Å². The highest BCUT2D eigenvalue weighted by molar-refractivity contribution is 7.80. The summed E-state index contributed by atoms with van der Waals surface area (Å²) in [5.41, 5.74) is 9.05. The van der Waals surface area contributed by atoms with Crippen LogP contribution in [0.3, 0.4) is 0 Å². The van der Waals surface area contributed by atoms with E-state index in [-0.39, 0.29) is 10.9 Å². The number of anilines is 1. The first kappa shape index (κ1) is 13.4. The highest BCUT2D eigenvalue weighted by Gasteiger charge is 2.13. The second kappa shape index (κ2) is 5.06. The molecule has 2 aromatic carbocycles. The molecular formula is C15H13N3O2S. The van der Waals surface area contributed by atoms with Crippen molar-refractivity contribution in [1.29, 1.82) is 0 Å². The van der Waals surface area contributed by atoms with Gasteiger partial charge in [-0.3, -0.25) is 0 Å². The Morgan fingerprint density at radius 2 is 2.10 bits per heavy atom. The fraction of sp³-hybridized carbons (Fsp3) is 0.0667. The van der Waals surface area contributed by atoms with E-state index in [1.807, 2.05) is 25.1 Å². The smallest absolute Gasteiger partial charge is 0.231 e. The maximum Gasteiger partial charge on any atom is 0.231 e. The van der Waals surface area contributed by atoms with E-state index in [1.165, 1.54) is 6.07 Å². The van der Waals surface area contributed by atoms with E-state index in [9.17, 15) is 5.11 Å². The third kappa shape index (κ3) is 2.66. The van der Waals surface area contributed by atoms with Crippen molar-refractivity contribution in [3.8, 4) is 17.2 Å². The Kier molecular flexibility index (Phi) is 3.23. The van der Waals surface area contributed by atoms with Gasteiger partial charge in [-0.25, -0.2) is 4.98 Å². The topological polar surface area (TPSA) is 84.3 Å². The molecule has 106 valence electrons. The van der Waals surface area contributed by atoms with E-state index in [4.69, 9.17) is 22.4 Å². The SMILES string of the molecule is Cc1ccc2oc(-c3ccc(NC(N)=S)cc3O)nc2c1. The van der Waals surface area contributed by atoms with E-state index in [2.05, 4.69) is 10.3 Å². The van der Waals surface area contributed by atoms with Gasteiger partial charge in [0, 0.05) is 11.8 Å². The van der Waals surface area contributed by atoms with E-state index >= 15 is 0 Å². The summed E-state index contributed by atoms with van der Waals surface area (Å²) in [6.07, 6.45) is 0. The number of phenols is 1. The lowest BCUT2D eigenvalue weighted by molar-refractivity contribution is 0.474. The lowest BCUT2D eigenvalue weighted by Crippen LogP contribution is -2.18. The standard InChI is InChI=1S/C15H13N3O2S/c1-8-2-5-13-11(6-8)18-14(20-13)10-4-3-9(7-12(10)19)17-15(16)21/h2-7,19H,1H3,(H3,16,17,21). The summed E-state index contributed by atoms with van der Waals surface area (Å²) < 4.78 is 5.67. The average Bonchev–Trinajstić information content (AvgIpc) is 2.80. The van der Waals surface area contributed by atoms with Gasteiger partial charge in [-0.15, -0.1) is 0 Å². The van der Waals surface area contributed by atoms with E-state index in [0.717, 1.165) is 11.1 Å². The van der Waals surface area contributed by atoms with Gasteiger partial charge in [0.1, 0.15) is 11.3 Å². The van der Waals surface area contributed by atoms with Gasteiger partial charge in [0.2, 0.25) is 5.89 Å². The molecule has 0 aliphatic heterocycles. The lowest BCUT2D eigenvalue weighted by Gasteiger charge is -2.06. The van der Waals surface area contributed by atoms with Gasteiger partial charge in [-0.1, -0.05) is 6.07 Å². The van der Waals surface area contributed by atoms with Crippen LogP contribution in [-0.4, -0.2) is 15.2 Å². The second-order valence-electron chi connectivity index (χ2n) is 4.71. The number of aromatic hydroxyl groups is 1. The molecule has 0 unspecified atom stereocenters. The van der Waals surface area contributed by atoms with Gasteiger partial charge in [0.15, 0.2) is 10.7 Å². The second-order valence-corrected chi connectivity index (χ2v) is 5.15. The van der Waals surface area contributed by atoms with Crippen molar-refractivity contribution in [2.75, 3.05) is 5.32 Å². The zero-order valence-corrected chi connectivity index (χ0v) is 12.1. The van der Waals surface area contributed by atoms with Crippen LogP contribution in [0.5, 0.6) is 5.75 Å². The van der Waals surface area contributed by atoms with Crippen molar-refractivity contribution >= 4 is 34.1 Å². The fourth-order valence-electron chi connectivity index (χ4n) is 2.09. The molecule has 21 heavy (non-hydrogen) atoms. The minimum absolute atomic E-state index is 0.0412. The molecule has 4 N–H and O–H groups in total.